The number of benzene rings is 9. The molecule has 0 atom stereocenters. The van der Waals surface area contributed by atoms with E-state index in [2.05, 4.69) is 10.9 Å². The van der Waals surface area contributed by atoms with E-state index >= 15 is 26.3 Å². The number of hydrogen-bond acceptors (Lipinski definition) is 3. The van der Waals surface area contributed by atoms with Crippen molar-refractivity contribution in [3.8, 4) is 90.2 Å². The second-order valence-electron chi connectivity index (χ2n) is 17.3. The first-order chi connectivity index (χ1) is 35.4. The highest BCUT2D eigenvalue weighted by Gasteiger charge is 2.37. The van der Waals surface area contributed by atoms with Gasteiger partial charge in [0, 0.05) is 38.6 Å². The van der Waals surface area contributed by atoms with Crippen molar-refractivity contribution >= 4 is 27.5 Å². The van der Waals surface area contributed by atoms with Gasteiger partial charge >= 0.3 is 12.4 Å². The molecule has 9 aromatic carbocycles. The fraction of sp³-hybridized carbons (Fsp3) is 0.0323. The molecule has 2 aromatic heterocycles. The van der Waals surface area contributed by atoms with Gasteiger partial charge < -0.3 is 4.57 Å². The summed E-state index contributed by atoms with van der Waals surface area (Å²) < 4.78 is 95.2. The molecule has 11 heteroatoms. The third-order valence-electron chi connectivity index (χ3n) is 13.0. The first-order valence-corrected chi connectivity index (χ1v) is 23.0. The normalized spacial score (nSPS) is 11.7. The molecule has 0 N–H and O–H groups in total. The van der Waals surface area contributed by atoms with E-state index in [1.165, 1.54) is 48.5 Å². The lowest BCUT2D eigenvalue weighted by molar-refractivity contribution is -0.137. The van der Waals surface area contributed by atoms with Crippen molar-refractivity contribution in [1.82, 2.24) is 14.5 Å². The summed E-state index contributed by atoms with van der Waals surface area (Å²) in [4.78, 5) is 13.8. The summed E-state index contributed by atoms with van der Waals surface area (Å²) in [5, 5.41) is 11.3. The summed E-state index contributed by atoms with van der Waals surface area (Å²) in [7, 11) is 0. The average molecular weight is 964 g/mol. The zero-order chi connectivity index (χ0) is 50.4. The number of para-hydroxylation sites is 1. The molecule has 0 bridgehead atoms. The number of alkyl halides is 6. The van der Waals surface area contributed by atoms with Crippen molar-refractivity contribution in [3.63, 3.8) is 0 Å². The fourth-order valence-electron chi connectivity index (χ4n) is 9.68. The molecule has 0 amide bonds. The Hall–Kier alpha value is -9.58. The molecule has 5 nitrogen and oxygen atoms in total. The fourth-order valence-corrected chi connectivity index (χ4v) is 9.68. The van der Waals surface area contributed by atoms with Crippen LogP contribution in [0.3, 0.4) is 0 Å². The SMILES string of the molecule is [C-]#[N+]c1ccccc1-c1ccc2c(c1)c1cc(-c3ccccc3C#N)ccc1n2-c1c(-c2ccccc2C(F)(F)F)cc(-c2nc(-c3ccccc3)cc(-c3ccccc3)n2)cc1-c1ccccc1C(F)(F)F. The Morgan fingerprint density at radius 3 is 1.36 bits per heavy atom. The summed E-state index contributed by atoms with van der Waals surface area (Å²) in [6, 6.07) is 60.8. The summed E-state index contributed by atoms with van der Waals surface area (Å²) >= 11 is 0. The highest BCUT2D eigenvalue weighted by Crippen LogP contribution is 2.50. The maximum Gasteiger partial charge on any atom is 0.417 e. The molecule has 0 fully saturated rings. The van der Waals surface area contributed by atoms with Crippen molar-refractivity contribution in [2.45, 2.75) is 12.4 Å². The van der Waals surface area contributed by atoms with E-state index in [1.807, 2.05) is 91.0 Å². The summed E-state index contributed by atoms with van der Waals surface area (Å²) in [5.41, 5.74) is 4.11. The van der Waals surface area contributed by atoms with Crippen LogP contribution in [0.2, 0.25) is 0 Å². The Morgan fingerprint density at radius 1 is 0.425 bits per heavy atom. The van der Waals surface area contributed by atoms with Crippen LogP contribution >= 0.6 is 0 Å². The van der Waals surface area contributed by atoms with Gasteiger partial charge in [0.25, 0.3) is 0 Å². The van der Waals surface area contributed by atoms with Gasteiger partial charge in [-0.1, -0.05) is 152 Å². The van der Waals surface area contributed by atoms with E-state index in [1.54, 1.807) is 65.2 Å². The Labute approximate surface area is 415 Å². The van der Waals surface area contributed by atoms with E-state index in [9.17, 15) is 5.26 Å². The predicted octanol–water partition coefficient (Wildman–Crippen LogP) is 17.7. The lowest BCUT2D eigenvalue weighted by Crippen LogP contribution is -2.11. The van der Waals surface area contributed by atoms with Gasteiger partial charge in [-0.25, -0.2) is 14.8 Å². The summed E-state index contributed by atoms with van der Waals surface area (Å²) in [5.74, 6) is 0.0642. The third kappa shape index (κ3) is 8.43. The molecule has 350 valence electrons. The second kappa shape index (κ2) is 18.3. The number of nitriles is 1. The van der Waals surface area contributed by atoms with E-state index in [-0.39, 0.29) is 39.3 Å². The molecule has 0 aliphatic rings. The van der Waals surface area contributed by atoms with Crippen molar-refractivity contribution in [2.24, 2.45) is 0 Å². The van der Waals surface area contributed by atoms with Gasteiger partial charge in [-0.2, -0.15) is 31.6 Å². The Bertz CT molecular complexity index is 3780. The molecule has 0 saturated heterocycles. The highest BCUT2D eigenvalue weighted by atomic mass is 19.4. The van der Waals surface area contributed by atoms with Gasteiger partial charge in [0.2, 0.25) is 0 Å². The van der Waals surface area contributed by atoms with E-state index in [0.717, 1.165) is 12.1 Å². The van der Waals surface area contributed by atoms with Crippen LogP contribution < -0.4 is 0 Å². The van der Waals surface area contributed by atoms with Crippen molar-refractivity contribution < 1.29 is 26.3 Å². The smallest absolute Gasteiger partial charge is 0.308 e. The minimum Gasteiger partial charge on any atom is -0.308 e. The van der Waals surface area contributed by atoms with Gasteiger partial charge in [-0.3, -0.25) is 0 Å². The van der Waals surface area contributed by atoms with Gasteiger partial charge in [0.15, 0.2) is 11.5 Å². The zero-order valence-electron chi connectivity index (χ0n) is 38.2. The molecule has 0 unspecified atom stereocenters. The van der Waals surface area contributed by atoms with Crippen molar-refractivity contribution in [2.75, 3.05) is 0 Å². The van der Waals surface area contributed by atoms with E-state index < -0.39 is 23.5 Å². The summed E-state index contributed by atoms with van der Waals surface area (Å²) in [6.07, 6.45) is -9.82. The minimum absolute atomic E-state index is 0.0270. The van der Waals surface area contributed by atoms with E-state index in [4.69, 9.17) is 16.5 Å². The van der Waals surface area contributed by atoms with Crippen LogP contribution in [0.5, 0.6) is 0 Å². The molecule has 11 aromatic rings. The first kappa shape index (κ1) is 45.8. The van der Waals surface area contributed by atoms with Gasteiger partial charge in [0.05, 0.1) is 57.4 Å². The van der Waals surface area contributed by atoms with Crippen LogP contribution in [0, 0.1) is 17.9 Å². The Balaban J connectivity index is 1.32. The third-order valence-corrected chi connectivity index (χ3v) is 13.0. The minimum atomic E-state index is -4.91. The number of hydrogen-bond donors (Lipinski definition) is 0. The molecule has 2 heterocycles. The molecule has 0 spiro atoms. The van der Waals surface area contributed by atoms with Crippen LogP contribution in [-0.2, 0) is 12.4 Å². The highest BCUT2D eigenvalue weighted by molar-refractivity contribution is 6.13. The predicted molar refractivity (Wildman–Crippen MR) is 275 cm³/mol. The standard InChI is InChI=1S/C62H35F6N5/c1-70-54-27-15-12-22-45(54)41-29-31-58-49(33-41)48-32-40(44-21-9-8-20-42(44)37-69)28-30-57(48)73(58)59-50(46-23-10-13-25-52(46)61(63,64)65)34-43(35-51(59)47-24-11-14-26-53(47)62(66,67)68)60-71-55(38-16-4-2-5-17-38)36-56(72-60)39-18-6-3-7-19-39/h2-36H. The Kier molecular flexibility index (Phi) is 11.5. The second-order valence-corrected chi connectivity index (χ2v) is 17.3. The number of halogens is 6. The number of fused-ring (bicyclic) bond motifs is 3. The van der Waals surface area contributed by atoms with Crippen LogP contribution in [-0.4, -0.2) is 14.5 Å². The van der Waals surface area contributed by atoms with Crippen molar-refractivity contribution in [1.29, 1.82) is 5.26 Å². The molecule has 73 heavy (non-hydrogen) atoms. The largest absolute Gasteiger partial charge is 0.417 e. The topological polar surface area (TPSA) is 58.9 Å². The van der Waals surface area contributed by atoms with Gasteiger partial charge in [-0.15, -0.1) is 0 Å². The number of aromatic nitrogens is 3. The quantitative estimate of drug-likeness (QED) is 0.113. The molecular weight excluding hydrogens is 929 g/mol. The molecule has 11 rings (SSSR count). The monoisotopic (exact) mass is 963 g/mol. The molecule has 0 aliphatic carbocycles. The maximum absolute atomic E-state index is 15.6. The molecular formula is C62H35F6N5. The molecule has 0 aliphatic heterocycles. The Morgan fingerprint density at radius 2 is 0.863 bits per heavy atom. The average Bonchev–Trinajstić information content (AvgIpc) is 3.75. The van der Waals surface area contributed by atoms with E-state index in [0.29, 0.717) is 77.8 Å². The van der Waals surface area contributed by atoms with Crippen LogP contribution in [0.25, 0.3) is 111 Å². The van der Waals surface area contributed by atoms with Gasteiger partial charge in [0.1, 0.15) is 0 Å². The first-order valence-electron chi connectivity index (χ1n) is 23.0. The lowest BCUT2D eigenvalue weighted by atomic mass is 9.88. The van der Waals surface area contributed by atoms with Crippen LogP contribution in [0.15, 0.2) is 212 Å². The van der Waals surface area contributed by atoms with Crippen LogP contribution in [0.1, 0.15) is 16.7 Å². The lowest BCUT2D eigenvalue weighted by Gasteiger charge is -2.24. The molecule has 0 radical (unpaired) electrons. The zero-order valence-corrected chi connectivity index (χ0v) is 38.2. The maximum atomic E-state index is 15.6. The number of nitrogens with zero attached hydrogens (tertiary/aromatic N) is 5. The van der Waals surface area contributed by atoms with Gasteiger partial charge in [-0.05, 0) is 94.0 Å². The number of rotatable bonds is 8. The molecule has 0 saturated carbocycles. The summed E-state index contributed by atoms with van der Waals surface area (Å²) in [6.45, 7) is 7.96. The van der Waals surface area contributed by atoms with Crippen LogP contribution in [0.4, 0.5) is 32.0 Å². The van der Waals surface area contributed by atoms with Crippen molar-refractivity contribution in [3.05, 3.63) is 240 Å².